The van der Waals surface area contributed by atoms with E-state index in [0.717, 1.165) is 18.5 Å². The average molecular weight is 292 g/mol. The topological polar surface area (TPSA) is 41.6 Å². The number of alkyl halides is 3. The molecule has 94 valence electrons. The highest BCUT2D eigenvalue weighted by Crippen LogP contribution is 2.36. The van der Waals surface area contributed by atoms with Crippen LogP contribution in [0.2, 0.25) is 5.15 Å². The zero-order valence-corrected chi connectivity index (χ0v) is 10.2. The Morgan fingerprint density at radius 1 is 1.28 bits per heavy atom. The molecule has 3 nitrogen and oxygen atoms in total. The van der Waals surface area contributed by atoms with Crippen molar-refractivity contribution >= 4 is 23.8 Å². The van der Waals surface area contributed by atoms with Crippen LogP contribution in [0, 0.1) is 4.64 Å². The lowest BCUT2D eigenvalue weighted by atomic mass is 10.0. The molecule has 8 heteroatoms. The molecule has 0 aliphatic rings. The van der Waals surface area contributed by atoms with E-state index < -0.39 is 11.7 Å². The molecule has 2 rings (SSSR count). The second-order valence-corrected chi connectivity index (χ2v) is 4.15. The van der Waals surface area contributed by atoms with Gasteiger partial charge in [-0.2, -0.15) is 18.3 Å². The predicted molar refractivity (Wildman–Crippen MR) is 62.7 cm³/mol. The van der Waals surface area contributed by atoms with Crippen molar-refractivity contribution in [1.82, 2.24) is 15.2 Å². The maximum absolute atomic E-state index is 12.8. The number of aromatic amines is 1. The van der Waals surface area contributed by atoms with Crippen molar-refractivity contribution in [2.45, 2.75) is 6.18 Å². The molecule has 0 saturated carbocycles. The maximum atomic E-state index is 12.8. The average Bonchev–Trinajstić information content (AvgIpc) is 2.31. The molecule has 2 aromatic rings. The smallest absolute Gasteiger partial charge is 0.266 e. The van der Waals surface area contributed by atoms with Gasteiger partial charge in [0.25, 0.3) is 0 Å². The molecule has 0 fully saturated rings. The summed E-state index contributed by atoms with van der Waals surface area (Å²) in [4.78, 5) is 3.68. The first-order valence-electron chi connectivity index (χ1n) is 4.66. The first kappa shape index (κ1) is 13.0. The van der Waals surface area contributed by atoms with Gasteiger partial charge in [-0.15, -0.1) is 0 Å². The van der Waals surface area contributed by atoms with Crippen LogP contribution in [0.5, 0.6) is 0 Å². The fourth-order valence-electron chi connectivity index (χ4n) is 1.44. The van der Waals surface area contributed by atoms with Crippen molar-refractivity contribution in [2.24, 2.45) is 0 Å². The van der Waals surface area contributed by atoms with Gasteiger partial charge in [0.15, 0.2) is 0 Å². The zero-order valence-electron chi connectivity index (χ0n) is 8.62. The summed E-state index contributed by atoms with van der Waals surface area (Å²) >= 11 is 10.5. The van der Waals surface area contributed by atoms with Crippen molar-refractivity contribution in [1.29, 1.82) is 0 Å². The molecule has 1 N–H and O–H groups in total. The molecular formula is C10H5ClF3N3S. The van der Waals surface area contributed by atoms with E-state index in [4.69, 9.17) is 23.8 Å². The molecule has 2 aromatic heterocycles. The first-order chi connectivity index (χ1) is 8.39. The fraction of sp³-hybridized carbons (Fsp3) is 0.100. The lowest BCUT2D eigenvalue weighted by Crippen LogP contribution is -2.07. The van der Waals surface area contributed by atoms with Gasteiger partial charge >= 0.3 is 6.18 Å². The van der Waals surface area contributed by atoms with E-state index in [2.05, 4.69) is 15.2 Å². The third-order valence-corrected chi connectivity index (χ3v) is 2.69. The largest absolute Gasteiger partial charge is 0.417 e. The molecule has 0 aliphatic heterocycles. The number of hydrogen-bond acceptors (Lipinski definition) is 3. The van der Waals surface area contributed by atoms with Crippen molar-refractivity contribution in [3.63, 3.8) is 0 Å². The van der Waals surface area contributed by atoms with E-state index >= 15 is 0 Å². The summed E-state index contributed by atoms with van der Waals surface area (Å²) in [5.41, 5.74) is -0.805. The highest BCUT2D eigenvalue weighted by Gasteiger charge is 2.33. The third kappa shape index (κ3) is 2.51. The fourth-order valence-corrected chi connectivity index (χ4v) is 1.80. The normalized spacial score (nSPS) is 11.6. The van der Waals surface area contributed by atoms with E-state index in [9.17, 15) is 13.2 Å². The number of nitrogens with zero attached hydrogens (tertiary/aromatic N) is 2. The van der Waals surface area contributed by atoms with Crippen molar-refractivity contribution in [3.05, 3.63) is 39.9 Å². The van der Waals surface area contributed by atoms with Crippen LogP contribution in [-0.2, 0) is 6.18 Å². The van der Waals surface area contributed by atoms with E-state index in [1.165, 1.54) is 6.07 Å². The molecule has 2 heterocycles. The van der Waals surface area contributed by atoms with Gasteiger partial charge in [0.2, 0.25) is 0 Å². The van der Waals surface area contributed by atoms with E-state index in [0.29, 0.717) is 0 Å². The Morgan fingerprint density at radius 2 is 2.00 bits per heavy atom. The monoisotopic (exact) mass is 291 g/mol. The minimum Gasteiger partial charge on any atom is -0.266 e. The molecule has 0 saturated heterocycles. The minimum absolute atomic E-state index is 0.0237. The quantitative estimate of drug-likeness (QED) is 0.811. The Morgan fingerprint density at radius 3 is 2.67 bits per heavy atom. The van der Waals surface area contributed by atoms with Gasteiger partial charge < -0.3 is 0 Å². The van der Waals surface area contributed by atoms with Crippen LogP contribution in [0.15, 0.2) is 24.5 Å². The zero-order chi connectivity index (χ0) is 13.3. The van der Waals surface area contributed by atoms with Crippen LogP contribution in [0.4, 0.5) is 13.2 Å². The predicted octanol–water partition coefficient (Wildman–Crippen LogP) is 3.87. The molecule has 0 atom stereocenters. The number of aromatic nitrogens is 3. The number of halogens is 4. The van der Waals surface area contributed by atoms with Gasteiger partial charge in [-0.3, -0.25) is 10.1 Å². The molecule has 0 aromatic carbocycles. The summed E-state index contributed by atoms with van der Waals surface area (Å²) in [6.07, 6.45) is -2.32. The second-order valence-electron chi connectivity index (χ2n) is 3.35. The van der Waals surface area contributed by atoms with Gasteiger partial charge in [-0.05, 0) is 12.1 Å². The maximum Gasteiger partial charge on any atom is 0.417 e. The van der Waals surface area contributed by atoms with Crippen LogP contribution in [0.3, 0.4) is 0 Å². The van der Waals surface area contributed by atoms with Crippen molar-refractivity contribution in [2.75, 3.05) is 0 Å². The highest BCUT2D eigenvalue weighted by molar-refractivity contribution is 7.71. The Hall–Kier alpha value is -1.47. The molecular weight excluding hydrogens is 287 g/mol. The lowest BCUT2D eigenvalue weighted by Gasteiger charge is -2.12. The summed E-state index contributed by atoms with van der Waals surface area (Å²) in [6.45, 7) is 0. The molecule has 18 heavy (non-hydrogen) atoms. The summed E-state index contributed by atoms with van der Waals surface area (Å²) < 4.78 is 38.6. The van der Waals surface area contributed by atoms with Gasteiger partial charge in [0, 0.05) is 23.5 Å². The van der Waals surface area contributed by atoms with Crippen LogP contribution in [0.25, 0.3) is 11.1 Å². The second kappa shape index (κ2) is 4.66. The Bertz CT molecular complexity index is 639. The summed E-state index contributed by atoms with van der Waals surface area (Å²) in [5, 5.41) is 6.00. The molecule has 0 bridgehead atoms. The van der Waals surface area contributed by atoms with Crippen LogP contribution in [0.1, 0.15) is 5.56 Å². The summed E-state index contributed by atoms with van der Waals surface area (Å²) in [7, 11) is 0. The van der Waals surface area contributed by atoms with Gasteiger partial charge in [-0.1, -0.05) is 23.8 Å². The number of H-pyrrole nitrogens is 1. The Kier molecular flexibility index (Phi) is 3.36. The minimum atomic E-state index is -4.49. The molecule has 0 aliphatic carbocycles. The van der Waals surface area contributed by atoms with E-state index in [1.807, 2.05) is 0 Å². The summed E-state index contributed by atoms with van der Waals surface area (Å²) in [6, 6.07) is 2.16. The highest BCUT2D eigenvalue weighted by atomic mass is 35.5. The number of nitrogens with one attached hydrogen (secondary N) is 1. The van der Waals surface area contributed by atoms with Gasteiger partial charge in [0.05, 0.1) is 5.56 Å². The van der Waals surface area contributed by atoms with Crippen LogP contribution >= 0.6 is 23.8 Å². The summed E-state index contributed by atoms with van der Waals surface area (Å²) in [5.74, 6) is 0. The van der Waals surface area contributed by atoms with Crippen molar-refractivity contribution < 1.29 is 13.2 Å². The van der Waals surface area contributed by atoms with Crippen molar-refractivity contribution in [3.8, 4) is 11.1 Å². The number of hydrogen-bond donors (Lipinski definition) is 1. The molecule has 0 unspecified atom stereocenters. The first-order valence-corrected chi connectivity index (χ1v) is 5.45. The van der Waals surface area contributed by atoms with Gasteiger partial charge in [-0.25, -0.2) is 0 Å². The van der Waals surface area contributed by atoms with E-state index in [1.54, 1.807) is 0 Å². The standard InChI is InChI=1S/C10H5ClF3N3S/c11-8-3-5(9(18)17-16-8)6-4-15-2-1-7(6)10(12,13)14/h1-4H,(H,17,18). The third-order valence-electron chi connectivity index (χ3n) is 2.19. The molecule has 0 spiro atoms. The van der Waals surface area contributed by atoms with Crippen LogP contribution in [-0.4, -0.2) is 15.2 Å². The Labute approximate surface area is 110 Å². The number of pyridine rings is 1. The lowest BCUT2D eigenvalue weighted by molar-refractivity contribution is -0.137. The SMILES string of the molecule is FC(F)(F)c1ccncc1-c1cc(Cl)n[nH]c1=S. The Balaban J connectivity index is 2.72. The molecule has 0 radical (unpaired) electrons. The van der Waals surface area contributed by atoms with Crippen LogP contribution < -0.4 is 0 Å². The molecule has 0 amide bonds. The number of rotatable bonds is 1. The van der Waals surface area contributed by atoms with Gasteiger partial charge in [0.1, 0.15) is 9.79 Å². The van der Waals surface area contributed by atoms with E-state index in [-0.39, 0.29) is 20.9 Å².